The smallest absolute Gasteiger partial charge is 0.233 e. The van der Waals surface area contributed by atoms with Crippen LogP contribution in [0.15, 0.2) is 5.16 Å². The molecule has 2 fully saturated rings. The van der Waals surface area contributed by atoms with Gasteiger partial charge in [-0.3, -0.25) is 4.79 Å². The molecule has 2 aliphatic heterocycles. The number of piperidine rings is 2. The number of carbonyl (C=O) groups excluding carboxylic acids is 1. The molecule has 22 heavy (non-hydrogen) atoms. The molecule has 1 aromatic heterocycles. The average molecular weight is 326 g/mol. The third kappa shape index (κ3) is 2.97. The van der Waals surface area contributed by atoms with Crippen molar-refractivity contribution in [1.29, 1.82) is 0 Å². The van der Waals surface area contributed by atoms with Gasteiger partial charge in [0.2, 0.25) is 11.1 Å². The lowest BCUT2D eigenvalue weighted by atomic mass is 9.71. The summed E-state index contributed by atoms with van der Waals surface area (Å²) in [4.78, 5) is 14.3. The molecule has 0 aromatic carbocycles. The molecule has 0 radical (unpaired) electrons. The predicted molar refractivity (Wildman–Crippen MR) is 81.3 cm³/mol. The molecule has 3 rings (SSSR count). The fourth-order valence-electron chi connectivity index (χ4n) is 3.46. The predicted octanol–water partition coefficient (Wildman–Crippen LogP) is -0.735. The van der Waals surface area contributed by atoms with Crippen LogP contribution in [0, 0.1) is 5.41 Å². The zero-order valence-corrected chi connectivity index (χ0v) is 13.6. The van der Waals surface area contributed by atoms with Crippen molar-refractivity contribution in [1.82, 2.24) is 30.4 Å². The zero-order chi connectivity index (χ0) is 15.6. The summed E-state index contributed by atoms with van der Waals surface area (Å²) in [7, 11) is 1.76. The molecular weight excluding hydrogens is 304 g/mol. The molecule has 0 aliphatic carbocycles. The van der Waals surface area contributed by atoms with Gasteiger partial charge in [-0.05, 0) is 36.2 Å². The molecular formula is C13H22N6O2S. The van der Waals surface area contributed by atoms with Gasteiger partial charge in [0.15, 0.2) is 0 Å². The van der Waals surface area contributed by atoms with Gasteiger partial charge in [0.05, 0.1) is 12.4 Å². The Hall–Kier alpha value is -1.19. The monoisotopic (exact) mass is 326 g/mol. The number of hydrogen-bond donors (Lipinski definition) is 2. The van der Waals surface area contributed by atoms with Crippen molar-refractivity contribution in [2.24, 2.45) is 12.5 Å². The second-order valence-corrected chi connectivity index (χ2v) is 7.05. The summed E-state index contributed by atoms with van der Waals surface area (Å²) in [5, 5.41) is 25.2. The van der Waals surface area contributed by atoms with E-state index in [0.717, 1.165) is 32.4 Å². The van der Waals surface area contributed by atoms with Crippen LogP contribution in [0.4, 0.5) is 0 Å². The van der Waals surface area contributed by atoms with Gasteiger partial charge in [-0.15, -0.1) is 5.10 Å². The number of amides is 1. The number of aliphatic hydroxyl groups excluding tert-OH is 1. The van der Waals surface area contributed by atoms with E-state index in [9.17, 15) is 9.90 Å². The van der Waals surface area contributed by atoms with Crippen molar-refractivity contribution in [2.75, 3.05) is 32.0 Å². The number of aryl methyl sites for hydroxylation is 1. The molecule has 122 valence electrons. The lowest BCUT2D eigenvalue weighted by Crippen LogP contribution is -2.62. The van der Waals surface area contributed by atoms with E-state index in [0.29, 0.717) is 23.5 Å². The summed E-state index contributed by atoms with van der Waals surface area (Å²) in [6, 6.07) is 0.325. The number of fused-ring (bicyclic) bond motifs is 1. The van der Waals surface area contributed by atoms with E-state index in [1.54, 1.807) is 11.7 Å². The molecule has 8 nitrogen and oxygen atoms in total. The number of tetrazole rings is 1. The lowest BCUT2D eigenvalue weighted by molar-refractivity contribution is -0.134. The fraction of sp³-hybridized carbons (Fsp3) is 0.846. The van der Waals surface area contributed by atoms with Crippen LogP contribution in [0.2, 0.25) is 0 Å². The van der Waals surface area contributed by atoms with E-state index in [1.165, 1.54) is 11.8 Å². The zero-order valence-electron chi connectivity index (χ0n) is 12.7. The first-order chi connectivity index (χ1) is 10.6. The van der Waals surface area contributed by atoms with E-state index < -0.39 is 0 Å². The Morgan fingerprint density at radius 1 is 1.59 bits per heavy atom. The van der Waals surface area contributed by atoms with Gasteiger partial charge in [-0.2, -0.15) is 0 Å². The first kappa shape index (κ1) is 15.7. The molecule has 0 bridgehead atoms. The van der Waals surface area contributed by atoms with E-state index in [2.05, 4.69) is 20.8 Å². The van der Waals surface area contributed by atoms with Gasteiger partial charge < -0.3 is 15.3 Å². The first-order valence-electron chi connectivity index (χ1n) is 7.62. The van der Waals surface area contributed by atoms with Crippen molar-refractivity contribution in [3.8, 4) is 0 Å². The number of nitrogens with zero attached hydrogens (tertiary/aromatic N) is 5. The lowest BCUT2D eigenvalue weighted by Gasteiger charge is -2.50. The maximum Gasteiger partial charge on any atom is 0.233 e. The van der Waals surface area contributed by atoms with Crippen molar-refractivity contribution < 1.29 is 9.90 Å². The van der Waals surface area contributed by atoms with Crippen LogP contribution < -0.4 is 5.32 Å². The van der Waals surface area contributed by atoms with Crippen LogP contribution in [0.25, 0.3) is 0 Å². The van der Waals surface area contributed by atoms with Crippen molar-refractivity contribution >= 4 is 17.7 Å². The topological polar surface area (TPSA) is 96.2 Å². The highest BCUT2D eigenvalue weighted by Crippen LogP contribution is 2.37. The highest BCUT2D eigenvalue weighted by atomic mass is 32.2. The van der Waals surface area contributed by atoms with E-state index in [1.807, 2.05) is 4.90 Å². The minimum atomic E-state index is -0.177. The Labute approximate surface area is 133 Å². The number of thioether (sulfide) groups is 1. The Kier molecular flexibility index (Phi) is 4.65. The largest absolute Gasteiger partial charge is 0.396 e. The molecule has 2 aliphatic rings. The number of aliphatic hydroxyl groups is 1. The number of hydrogen-bond acceptors (Lipinski definition) is 7. The highest BCUT2D eigenvalue weighted by Gasteiger charge is 2.45. The van der Waals surface area contributed by atoms with Crippen molar-refractivity contribution in [3.63, 3.8) is 0 Å². The SMILES string of the molecule is Cn1nnnc1SCC(=O)N1CC[C@H]2NCCC[C@]2(CO)C1. The molecule has 2 saturated heterocycles. The van der Waals surface area contributed by atoms with Crippen molar-refractivity contribution in [2.45, 2.75) is 30.5 Å². The molecule has 0 spiro atoms. The highest BCUT2D eigenvalue weighted by molar-refractivity contribution is 7.99. The van der Waals surface area contributed by atoms with E-state index >= 15 is 0 Å². The molecule has 0 saturated carbocycles. The molecule has 9 heteroatoms. The fourth-order valence-corrected chi connectivity index (χ4v) is 4.22. The maximum absolute atomic E-state index is 12.5. The molecule has 2 N–H and O–H groups in total. The van der Waals surface area contributed by atoms with Gasteiger partial charge >= 0.3 is 0 Å². The summed E-state index contributed by atoms with van der Waals surface area (Å²) >= 11 is 1.35. The number of aromatic nitrogens is 4. The maximum atomic E-state index is 12.5. The summed E-state index contributed by atoms with van der Waals surface area (Å²) in [6.45, 7) is 2.53. The Morgan fingerprint density at radius 2 is 2.45 bits per heavy atom. The minimum absolute atomic E-state index is 0.0878. The van der Waals surface area contributed by atoms with Crippen LogP contribution in [0.1, 0.15) is 19.3 Å². The van der Waals surface area contributed by atoms with Crippen LogP contribution in [0.3, 0.4) is 0 Å². The molecule has 1 aromatic rings. The number of carbonyl (C=O) groups is 1. The first-order valence-corrected chi connectivity index (χ1v) is 8.60. The van der Waals surface area contributed by atoms with Crippen LogP contribution >= 0.6 is 11.8 Å². The Morgan fingerprint density at radius 3 is 3.18 bits per heavy atom. The quantitative estimate of drug-likeness (QED) is 0.704. The summed E-state index contributed by atoms with van der Waals surface area (Å²) in [5.74, 6) is 0.415. The van der Waals surface area contributed by atoms with Gasteiger partial charge in [0.25, 0.3) is 0 Å². The second kappa shape index (κ2) is 6.51. The number of rotatable bonds is 4. The summed E-state index contributed by atoms with van der Waals surface area (Å²) in [6.07, 6.45) is 2.94. The standard InChI is InChI=1S/C13H22N6O2S/c1-18-12(15-16-17-18)22-7-11(21)19-6-3-10-13(8-19,9-20)4-2-5-14-10/h10,14,20H,2-9H2,1H3/t10-,13-/m1/s1. The van der Waals surface area contributed by atoms with E-state index in [-0.39, 0.29) is 17.9 Å². The van der Waals surface area contributed by atoms with Gasteiger partial charge in [0.1, 0.15) is 0 Å². The van der Waals surface area contributed by atoms with Crippen LogP contribution in [-0.4, -0.2) is 74.2 Å². The summed E-state index contributed by atoms with van der Waals surface area (Å²) in [5.41, 5.74) is -0.177. The Bertz CT molecular complexity index is 538. The van der Waals surface area contributed by atoms with Crippen LogP contribution in [-0.2, 0) is 11.8 Å². The third-order valence-electron chi connectivity index (χ3n) is 4.75. The third-order valence-corrected chi connectivity index (χ3v) is 5.74. The molecule has 3 heterocycles. The minimum Gasteiger partial charge on any atom is -0.396 e. The van der Waals surface area contributed by atoms with Crippen molar-refractivity contribution in [3.05, 3.63) is 0 Å². The van der Waals surface area contributed by atoms with Crippen LogP contribution in [0.5, 0.6) is 0 Å². The van der Waals surface area contributed by atoms with Gasteiger partial charge in [-0.1, -0.05) is 11.8 Å². The Balaban J connectivity index is 1.60. The molecule has 2 atom stereocenters. The average Bonchev–Trinajstić information content (AvgIpc) is 2.97. The normalized spacial score (nSPS) is 28.5. The summed E-state index contributed by atoms with van der Waals surface area (Å²) < 4.78 is 1.56. The number of likely N-dealkylation sites (tertiary alicyclic amines) is 1. The van der Waals surface area contributed by atoms with Gasteiger partial charge in [0, 0.05) is 31.6 Å². The van der Waals surface area contributed by atoms with E-state index in [4.69, 9.17) is 0 Å². The van der Waals surface area contributed by atoms with Gasteiger partial charge in [-0.25, -0.2) is 4.68 Å². The number of nitrogens with one attached hydrogen (secondary N) is 1. The molecule has 0 unspecified atom stereocenters. The second-order valence-electron chi connectivity index (χ2n) is 6.11. The molecule has 1 amide bonds.